The maximum absolute atomic E-state index is 10.1. The number of carbonyl (C=O) groups is 3. The van der Waals surface area contributed by atoms with E-state index in [4.69, 9.17) is 5.11 Å². The van der Waals surface area contributed by atoms with E-state index in [1.54, 1.807) is 0 Å². The van der Waals surface area contributed by atoms with E-state index in [-0.39, 0.29) is 45.7 Å². The van der Waals surface area contributed by atoms with E-state index in [0.717, 1.165) is 0 Å². The van der Waals surface area contributed by atoms with Crippen molar-refractivity contribution < 1.29 is 54.3 Å². The van der Waals surface area contributed by atoms with Crippen LogP contribution < -0.4 is 15.3 Å². The number of carboxylic acids is 3. The maximum Gasteiger partial charge on any atom is 3.00 e. The molecule has 0 unspecified atom stereocenters. The molecule has 0 saturated heterocycles. The molecule has 0 aromatic rings. The fraction of sp³-hybridized carbons (Fsp3) is 0.500. The van der Waals surface area contributed by atoms with Crippen molar-refractivity contribution in [1.82, 2.24) is 0 Å². The Hall–Kier alpha value is -0.124. The zero-order chi connectivity index (χ0) is 10.6. The van der Waals surface area contributed by atoms with Gasteiger partial charge in [-0.05, 0) is 0 Å². The molecule has 1 N–H and O–H groups in total. The number of carboxylic acid groups (broad SMARTS) is 3. The molecule has 15 heavy (non-hydrogen) atoms. The van der Waals surface area contributed by atoms with Crippen LogP contribution in [-0.4, -0.2) is 54.8 Å². The first-order chi connectivity index (χ1) is 5.78. The molecule has 0 aromatic heterocycles. The maximum atomic E-state index is 10.1. The SMILES string of the molecule is O=C([O-])CC(O)(CC(=O)[O-])C(=O)[O-].[Bi+3].[Zn+2]. The van der Waals surface area contributed by atoms with Gasteiger partial charge in [-0.15, -0.1) is 0 Å². The van der Waals surface area contributed by atoms with E-state index in [1.807, 2.05) is 0 Å². The first-order valence-corrected chi connectivity index (χ1v) is 3.11. The molecule has 0 aliphatic carbocycles. The van der Waals surface area contributed by atoms with Crippen LogP contribution in [-0.2, 0) is 33.9 Å². The molecule has 0 fully saturated rings. The Morgan fingerprint density at radius 2 is 1.27 bits per heavy atom. The van der Waals surface area contributed by atoms with Crippen LogP contribution >= 0.6 is 0 Å². The summed E-state index contributed by atoms with van der Waals surface area (Å²) >= 11 is 0. The molecule has 0 aliphatic rings. The first-order valence-electron chi connectivity index (χ1n) is 3.11. The van der Waals surface area contributed by atoms with E-state index < -0.39 is 36.4 Å². The molecule has 7 nitrogen and oxygen atoms in total. The van der Waals surface area contributed by atoms with Gasteiger partial charge in [-0.2, -0.15) is 0 Å². The Labute approximate surface area is 116 Å². The molecule has 0 rings (SSSR count). The van der Waals surface area contributed by atoms with E-state index in [2.05, 4.69) is 0 Å². The fourth-order valence-corrected chi connectivity index (χ4v) is 0.684. The van der Waals surface area contributed by atoms with Gasteiger partial charge in [0.25, 0.3) is 0 Å². The van der Waals surface area contributed by atoms with Crippen molar-refractivity contribution in [2.75, 3.05) is 0 Å². The molecule has 9 heteroatoms. The first kappa shape index (κ1) is 20.3. The van der Waals surface area contributed by atoms with Crippen LogP contribution in [0.4, 0.5) is 0 Å². The van der Waals surface area contributed by atoms with Gasteiger partial charge in [0.15, 0.2) is 0 Å². The van der Waals surface area contributed by atoms with Crippen molar-refractivity contribution >= 4 is 44.1 Å². The molecular weight excluding hydrogens is 458 g/mol. The molecule has 2 radical (unpaired) electrons. The molecule has 0 bridgehead atoms. The van der Waals surface area contributed by atoms with Gasteiger partial charge in [0.05, 0.1) is 5.97 Å². The number of aliphatic carboxylic acids is 3. The summed E-state index contributed by atoms with van der Waals surface area (Å²) in [4.78, 5) is 30.0. The largest absolute Gasteiger partial charge is 3.00 e. The van der Waals surface area contributed by atoms with E-state index in [0.29, 0.717) is 0 Å². The Morgan fingerprint density at radius 1 is 1.00 bits per heavy atom. The van der Waals surface area contributed by atoms with E-state index in [9.17, 15) is 29.7 Å². The van der Waals surface area contributed by atoms with Gasteiger partial charge in [0.2, 0.25) is 0 Å². The summed E-state index contributed by atoms with van der Waals surface area (Å²) in [7, 11) is 0. The second-order valence-electron chi connectivity index (χ2n) is 2.42. The Bertz CT molecular complexity index is 238. The molecule has 0 aliphatic heterocycles. The Kier molecular flexibility index (Phi) is 10.9. The monoisotopic (exact) mass is 462 g/mol. The molecule has 0 spiro atoms. The summed E-state index contributed by atoms with van der Waals surface area (Å²) in [6.45, 7) is 0. The minimum Gasteiger partial charge on any atom is -0.550 e. The number of rotatable bonds is 5. The molecular formula is C6H5BiO7Zn+2. The van der Waals surface area contributed by atoms with Crippen molar-refractivity contribution in [3.8, 4) is 0 Å². The smallest absolute Gasteiger partial charge is 0.550 e. The van der Waals surface area contributed by atoms with E-state index >= 15 is 0 Å². The van der Waals surface area contributed by atoms with Crippen LogP contribution in [0.1, 0.15) is 12.8 Å². The van der Waals surface area contributed by atoms with Crippen LogP contribution in [0.25, 0.3) is 0 Å². The third kappa shape index (κ3) is 7.77. The van der Waals surface area contributed by atoms with Crippen LogP contribution in [0.3, 0.4) is 0 Å². The third-order valence-electron chi connectivity index (χ3n) is 1.25. The number of carbonyl (C=O) groups excluding carboxylic acids is 3. The summed E-state index contributed by atoms with van der Waals surface area (Å²) < 4.78 is 0. The van der Waals surface area contributed by atoms with Crippen molar-refractivity contribution in [3.63, 3.8) is 0 Å². The molecule has 0 aromatic carbocycles. The standard InChI is InChI=1S/C6H8O7.Bi.Zn/c7-3(8)1-6(13,5(11)12)2-4(9)10;;/h13H,1-2H2,(H,7,8)(H,9,10)(H,11,12);;/q;+3;+2/p-3. The van der Waals surface area contributed by atoms with Gasteiger partial charge >= 0.3 is 45.7 Å². The minimum atomic E-state index is -2.97. The van der Waals surface area contributed by atoms with Crippen LogP contribution in [0.5, 0.6) is 0 Å². The van der Waals surface area contributed by atoms with E-state index in [1.165, 1.54) is 0 Å². The topological polar surface area (TPSA) is 141 Å². The van der Waals surface area contributed by atoms with Gasteiger partial charge < -0.3 is 34.8 Å². The van der Waals surface area contributed by atoms with Gasteiger partial charge in [-0.3, -0.25) is 0 Å². The molecule has 0 amide bonds. The molecule has 0 heterocycles. The third-order valence-corrected chi connectivity index (χ3v) is 1.25. The normalized spacial score (nSPS) is 9.40. The van der Waals surface area contributed by atoms with Crippen molar-refractivity contribution in [1.29, 1.82) is 0 Å². The van der Waals surface area contributed by atoms with Gasteiger partial charge in [0, 0.05) is 24.8 Å². The molecule has 0 saturated carbocycles. The quantitative estimate of drug-likeness (QED) is 0.401. The number of hydrogen-bond acceptors (Lipinski definition) is 7. The Morgan fingerprint density at radius 3 is 1.40 bits per heavy atom. The summed E-state index contributed by atoms with van der Waals surface area (Å²) in [5, 5.41) is 38.9. The van der Waals surface area contributed by atoms with Gasteiger partial charge in [-0.1, -0.05) is 0 Å². The van der Waals surface area contributed by atoms with Crippen molar-refractivity contribution in [2.24, 2.45) is 0 Å². The number of aliphatic hydroxyl groups is 1. The van der Waals surface area contributed by atoms with Gasteiger partial charge in [0.1, 0.15) is 5.60 Å². The van der Waals surface area contributed by atoms with Crippen molar-refractivity contribution in [2.45, 2.75) is 18.4 Å². The van der Waals surface area contributed by atoms with Gasteiger partial charge in [-0.25, -0.2) is 0 Å². The average molecular weight is 463 g/mol. The second kappa shape index (κ2) is 8.08. The second-order valence-corrected chi connectivity index (χ2v) is 2.42. The zero-order valence-electron chi connectivity index (χ0n) is 7.47. The molecule has 0 atom stereocenters. The average Bonchev–Trinajstić information content (AvgIpc) is 1.82. The van der Waals surface area contributed by atoms with Crippen LogP contribution in [0.15, 0.2) is 0 Å². The van der Waals surface area contributed by atoms with Crippen LogP contribution in [0, 0.1) is 0 Å². The zero-order valence-corrected chi connectivity index (χ0v) is 13.9. The van der Waals surface area contributed by atoms with Crippen LogP contribution in [0.2, 0.25) is 0 Å². The minimum absolute atomic E-state index is 0. The Balaban J connectivity index is -0.000000720. The molecule has 76 valence electrons. The predicted molar refractivity (Wildman–Crippen MR) is 35.0 cm³/mol. The summed E-state index contributed by atoms with van der Waals surface area (Å²) in [5.41, 5.74) is -2.97. The predicted octanol–water partition coefficient (Wildman–Crippen LogP) is -5.64. The van der Waals surface area contributed by atoms with Crippen molar-refractivity contribution in [3.05, 3.63) is 0 Å². The fourth-order valence-electron chi connectivity index (χ4n) is 0.684. The summed E-state index contributed by atoms with van der Waals surface area (Å²) in [5.74, 6) is -5.98. The summed E-state index contributed by atoms with van der Waals surface area (Å²) in [6.07, 6.45) is -2.72. The number of hydrogen-bond donors (Lipinski definition) is 1. The summed E-state index contributed by atoms with van der Waals surface area (Å²) in [6, 6.07) is 0.